The highest BCUT2D eigenvalue weighted by atomic mass is 16.2. The molecule has 8 nitrogen and oxygen atoms in total. The second kappa shape index (κ2) is 8.05. The van der Waals surface area contributed by atoms with Gasteiger partial charge < -0.3 is 0 Å². The van der Waals surface area contributed by atoms with Gasteiger partial charge in [0, 0.05) is 30.4 Å². The van der Waals surface area contributed by atoms with Crippen LogP contribution in [0.15, 0.2) is 59.7 Å². The SMILES string of the molecule is CCn1nc(C(=O)NNC(=O)/C=C/c2cccnc2)c2ccccc2c1=O. The Bertz CT molecular complexity index is 1070. The van der Waals surface area contributed by atoms with E-state index in [-0.39, 0.29) is 11.3 Å². The molecule has 136 valence electrons. The smallest absolute Gasteiger partial charge is 0.268 e. The molecule has 3 rings (SSSR count). The molecule has 0 atom stereocenters. The molecule has 0 fully saturated rings. The summed E-state index contributed by atoms with van der Waals surface area (Å²) >= 11 is 0. The molecule has 0 spiro atoms. The highest BCUT2D eigenvalue weighted by molar-refractivity contribution is 6.05. The van der Waals surface area contributed by atoms with E-state index in [1.54, 1.807) is 61.8 Å². The van der Waals surface area contributed by atoms with Crippen molar-refractivity contribution in [3.8, 4) is 0 Å². The molecule has 0 saturated heterocycles. The van der Waals surface area contributed by atoms with Gasteiger partial charge in [0.25, 0.3) is 17.4 Å². The van der Waals surface area contributed by atoms with E-state index in [1.165, 1.54) is 10.8 Å². The van der Waals surface area contributed by atoms with E-state index in [0.717, 1.165) is 5.56 Å². The van der Waals surface area contributed by atoms with E-state index in [2.05, 4.69) is 20.9 Å². The van der Waals surface area contributed by atoms with Gasteiger partial charge in [0.15, 0.2) is 5.69 Å². The molecule has 0 saturated carbocycles. The average molecular weight is 363 g/mol. The van der Waals surface area contributed by atoms with Crippen molar-refractivity contribution in [1.82, 2.24) is 25.6 Å². The van der Waals surface area contributed by atoms with Crippen molar-refractivity contribution in [2.24, 2.45) is 0 Å². The van der Waals surface area contributed by atoms with Crippen molar-refractivity contribution in [2.45, 2.75) is 13.5 Å². The van der Waals surface area contributed by atoms with Crippen molar-refractivity contribution in [3.63, 3.8) is 0 Å². The van der Waals surface area contributed by atoms with Gasteiger partial charge in [-0.25, -0.2) is 4.68 Å². The summed E-state index contributed by atoms with van der Waals surface area (Å²) < 4.78 is 1.21. The fourth-order valence-corrected chi connectivity index (χ4v) is 2.48. The van der Waals surface area contributed by atoms with E-state index in [1.807, 2.05) is 0 Å². The zero-order valence-corrected chi connectivity index (χ0v) is 14.5. The van der Waals surface area contributed by atoms with Crippen LogP contribution in [0.1, 0.15) is 23.0 Å². The number of nitrogens with zero attached hydrogens (tertiary/aromatic N) is 3. The second-order valence-corrected chi connectivity index (χ2v) is 5.58. The van der Waals surface area contributed by atoms with Crippen molar-refractivity contribution >= 4 is 28.7 Å². The Labute approximate surface area is 154 Å². The fourth-order valence-electron chi connectivity index (χ4n) is 2.48. The molecule has 2 amide bonds. The number of aryl methyl sites for hydroxylation is 1. The Morgan fingerprint density at radius 3 is 2.59 bits per heavy atom. The third kappa shape index (κ3) is 4.06. The van der Waals surface area contributed by atoms with Gasteiger partial charge in [-0.2, -0.15) is 5.10 Å². The number of carbonyl (C=O) groups is 2. The second-order valence-electron chi connectivity index (χ2n) is 5.58. The molecule has 2 heterocycles. The summed E-state index contributed by atoms with van der Waals surface area (Å²) in [5.41, 5.74) is 5.15. The van der Waals surface area contributed by atoms with E-state index in [0.29, 0.717) is 17.3 Å². The van der Waals surface area contributed by atoms with Crippen molar-refractivity contribution < 1.29 is 9.59 Å². The van der Waals surface area contributed by atoms with Gasteiger partial charge in [-0.05, 0) is 30.7 Å². The fraction of sp³-hybridized carbons (Fsp3) is 0.105. The number of amides is 2. The van der Waals surface area contributed by atoms with Crippen LogP contribution in [-0.2, 0) is 11.3 Å². The average Bonchev–Trinajstić information content (AvgIpc) is 2.71. The van der Waals surface area contributed by atoms with Gasteiger partial charge >= 0.3 is 0 Å². The highest BCUT2D eigenvalue weighted by Crippen LogP contribution is 2.12. The van der Waals surface area contributed by atoms with Gasteiger partial charge in [0.2, 0.25) is 0 Å². The van der Waals surface area contributed by atoms with Gasteiger partial charge in [0.1, 0.15) is 0 Å². The van der Waals surface area contributed by atoms with Crippen molar-refractivity contribution in [2.75, 3.05) is 0 Å². The van der Waals surface area contributed by atoms with Crippen LogP contribution in [0.3, 0.4) is 0 Å². The van der Waals surface area contributed by atoms with Crippen LogP contribution in [0.25, 0.3) is 16.8 Å². The molecular weight excluding hydrogens is 346 g/mol. The van der Waals surface area contributed by atoms with Gasteiger partial charge in [-0.15, -0.1) is 0 Å². The minimum absolute atomic E-state index is 0.0589. The first-order valence-electron chi connectivity index (χ1n) is 8.28. The number of hydrazine groups is 1. The quantitative estimate of drug-likeness (QED) is 0.537. The molecule has 2 aromatic heterocycles. The number of benzene rings is 1. The summed E-state index contributed by atoms with van der Waals surface area (Å²) in [7, 11) is 0. The first-order chi connectivity index (χ1) is 13.1. The van der Waals surface area contributed by atoms with Gasteiger partial charge in [0.05, 0.1) is 5.39 Å². The minimum Gasteiger partial charge on any atom is -0.268 e. The number of carbonyl (C=O) groups excluding carboxylic acids is 2. The Balaban J connectivity index is 1.77. The van der Waals surface area contributed by atoms with Gasteiger partial charge in [-0.1, -0.05) is 24.3 Å². The Morgan fingerprint density at radius 2 is 1.89 bits per heavy atom. The van der Waals surface area contributed by atoms with Crippen LogP contribution < -0.4 is 16.4 Å². The molecule has 3 aromatic rings. The summed E-state index contributed by atoms with van der Waals surface area (Å²) in [6.45, 7) is 2.08. The first kappa shape index (κ1) is 18.0. The molecule has 8 heteroatoms. The lowest BCUT2D eigenvalue weighted by Crippen LogP contribution is -2.42. The Morgan fingerprint density at radius 1 is 1.11 bits per heavy atom. The third-order valence-electron chi connectivity index (χ3n) is 3.79. The monoisotopic (exact) mass is 363 g/mol. The van der Waals surface area contributed by atoms with Gasteiger partial charge in [-0.3, -0.25) is 30.2 Å². The molecule has 0 aliphatic heterocycles. The number of nitrogens with one attached hydrogen (secondary N) is 2. The number of aromatic nitrogens is 3. The Kier molecular flexibility index (Phi) is 5.36. The molecular formula is C19H17N5O3. The molecule has 27 heavy (non-hydrogen) atoms. The minimum atomic E-state index is -0.614. The standard InChI is InChI=1S/C19H17N5O3/c1-2-24-19(27)15-8-4-3-7-14(15)17(23-24)18(26)22-21-16(25)10-9-13-6-5-11-20-12-13/h3-12H,2H2,1H3,(H,21,25)(H,22,26)/b10-9+. The maximum Gasteiger partial charge on any atom is 0.290 e. The number of hydrogen-bond donors (Lipinski definition) is 2. The lowest BCUT2D eigenvalue weighted by Gasteiger charge is -2.10. The topological polar surface area (TPSA) is 106 Å². The summed E-state index contributed by atoms with van der Waals surface area (Å²) in [6.07, 6.45) is 6.08. The number of pyridine rings is 1. The van der Waals surface area contributed by atoms with E-state index in [9.17, 15) is 14.4 Å². The first-order valence-corrected chi connectivity index (χ1v) is 8.28. The summed E-state index contributed by atoms with van der Waals surface area (Å²) in [5, 5.41) is 4.92. The number of rotatable bonds is 4. The van der Waals surface area contributed by atoms with Crippen LogP contribution in [-0.4, -0.2) is 26.6 Å². The largest absolute Gasteiger partial charge is 0.290 e. The zero-order valence-electron chi connectivity index (χ0n) is 14.5. The molecule has 0 aliphatic rings. The number of fused-ring (bicyclic) bond motifs is 1. The van der Waals surface area contributed by atoms with E-state index >= 15 is 0 Å². The maximum atomic E-state index is 12.5. The molecule has 0 radical (unpaired) electrons. The van der Waals surface area contributed by atoms with Crippen LogP contribution in [0.5, 0.6) is 0 Å². The van der Waals surface area contributed by atoms with Crippen LogP contribution >= 0.6 is 0 Å². The molecule has 0 bridgehead atoms. The van der Waals surface area contributed by atoms with E-state index < -0.39 is 11.8 Å². The summed E-state index contributed by atoms with van der Waals surface area (Å²) in [5.74, 6) is -1.13. The highest BCUT2D eigenvalue weighted by Gasteiger charge is 2.16. The third-order valence-corrected chi connectivity index (χ3v) is 3.79. The lowest BCUT2D eigenvalue weighted by molar-refractivity contribution is -0.117. The molecule has 2 N–H and O–H groups in total. The Hall–Kier alpha value is -3.81. The zero-order chi connectivity index (χ0) is 19.2. The predicted molar refractivity (Wildman–Crippen MR) is 101 cm³/mol. The maximum absolute atomic E-state index is 12.5. The predicted octanol–water partition coefficient (Wildman–Crippen LogP) is 1.29. The molecule has 1 aromatic carbocycles. The van der Waals surface area contributed by atoms with Crippen LogP contribution in [0, 0.1) is 0 Å². The summed E-state index contributed by atoms with van der Waals surface area (Å²) in [4.78, 5) is 40.6. The molecule has 0 unspecified atom stereocenters. The van der Waals surface area contributed by atoms with Crippen LogP contribution in [0.4, 0.5) is 0 Å². The number of hydrogen-bond acceptors (Lipinski definition) is 5. The van der Waals surface area contributed by atoms with Crippen molar-refractivity contribution in [1.29, 1.82) is 0 Å². The van der Waals surface area contributed by atoms with Crippen molar-refractivity contribution in [3.05, 3.63) is 76.5 Å². The van der Waals surface area contributed by atoms with E-state index in [4.69, 9.17) is 0 Å². The van der Waals surface area contributed by atoms with Crippen LogP contribution in [0.2, 0.25) is 0 Å². The lowest BCUT2D eigenvalue weighted by atomic mass is 10.1. The summed E-state index contributed by atoms with van der Waals surface area (Å²) in [6, 6.07) is 10.3. The normalized spacial score (nSPS) is 10.9. The molecule has 0 aliphatic carbocycles.